The SMILES string of the molecule is Cc1ccc(Nc2cc(=O)n3c(-c4cccc(N)c4)csc3n2)cc1. The van der Waals surface area contributed by atoms with Crippen LogP contribution in [-0.4, -0.2) is 9.38 Å². The third-order valence-electron chi connectivity index (χ3n) is 3.91. The number of fused-ring (bicyclic) bond motifs is 1. The molecule has 0 spiro atoms. The van der Waals surface area contributed by atoms with Gasteiger partial charge in [0.25, 0.3) is 5.56 Å². The molecule has 2 aromatic carbocycles. The molecule has 0 atom stereocenters. The molecule has 4 aromatic rings. The zero-order valence-electron chi connectivity index (χ0n) is 13.6. The minimum Gasteiger partial charge on any atom is -0.399 e. The summed E-state index contributed by atoms with van der Waals surface area (Å²) in [5.74, 6) is 0.537. The zero-order valence-corrected chi connectivity index (χ0v) is 14.4. The maximum absolute atomic E-state index is 12.6. The van der Waals surface area contributed by atoms with Crippen LogP contribution in [0.5, 0.6) is 0 Å². The third kappa shape index (κ3) is 2.99. The van der Waals surface area contributed by atoms with Gasteiger partial charge in [-0.2, -0.15) is 0 Å². The first kappa shape index (κ1) is 15.4. The van der Waals surface area contributed by atoms with Gasteiger partial charge in [0, 0.05) is 28.4 Å². The van der Waals surface area contributed by atoms with Crippen LogP contribution < -0.4 is 16.6 Å². The van der Waals surface area contributed by atoms with Crippen LogP contribution in [0.3, 0.4) is 0 Å². The fraction of sp³-hybridized carbons (Fsp3) is 0.0526. The predicted molar refractivity (Wildman–Crippen MR) is 104 cm³/mol. The van der Waals surface area contributed by atoms with E-state index in [-0.39, 0.29) is 5.56 Å². The van der Waals surface area contributed by atoms with E-state index in [1.807, 2.05) is 60.8 Å². The zero-order chi connectivity index (χ0) is 17.4. The molecule has 0 aliphatic heterocycles. The van der Waals surface area contributed by atoms with Gasteiger partial charge in [0.1, 0.15) is 5.82 Å². The summed E-state index contributed by atoms with van der Waals surface area (Å²) in [4.78, 5) is 17.8. The Morgan fingerprint density at radius 1 is 1.12 bits per heavy atom. The molecule has 0 aliphatic rings. The lowest BCUT2D eigenvalue weighted by atomic mass is 10.1. The molecule has 0 aliphatic carbocycles. The maximum atomic E-state index is 12.6. The van der Waals surface area contributed by atoms with E-state index in [1.165, 1.54) is 23.0 Å². The normalized spacial score (nSPS) is 10.9. The van der Waals surface area contributed by atoms with Crippen molar-refractivity contribution in [2.75, 3.05) is 11.1 Å². The smallest absolute Gasteiger partial charge is 0.261 e. The quantitative estimate of drug-likeness (QED) is 0.548. The molecule has 4 rings (SSSR count). The second-order valence-corrected chi connectivity index (χ2v) is 6.67. The molecule has 124 valence electrons. The molecular formula is C19H16N4OS. The Morgan fingerprint density at radius 2 is 1.92 bits per heavy atom. The van der Waals surface area contributed by atoms with Crippen LogP contribution in [0.25, 0.3) is 16.2 Å². The van der Waals surface area contributed by atoms with Crippen molar-refractivity contribution < 1.29 is 0 Å². The molecule has 6 heteroatoms. The van der Waals surface area contributed by atoms with Gasteiger partial charge in [-0.05, 0) is 31.2 Å². The first-order valence-electron chi connectivity index (χ1n) is 7.81. The van der Waals surface area contributed by atoms with Gasteiger partial charge in [-0.3, -0.25) is 9.20 Å². The number of thiazole rings is 1. The Balaban J connectivity index is 1.77. The summed E-state index contributed by atoms with van der Waals surface area (Å²) in [6.45, 7) is 2.03. The molecule has 0 saturated carbocycles. The van der Waals surface area contributed by atoms with Crippen molar-refractivity contribution in [1.82, 2.24) is 9.38 Å². The van der Waals surface area contributed by atoms with Gasteiger partial charge in [0.05, 0.1) is 5.69 Å². The molecule has 0 fully saturated rings. The minimum absolute atomic E-state index is 0.127. The number of nitrogen functional groups attached to an aromatic ring is 1. The molecule has 0 radical (unpaired) electrons. The second kappa shape index (κ2) is 6.07. The molecule has 0 bridgehead atoms. The number of anilines is 3. The molecule has 2 aromatic heterocycles. The van der Waals surface area contributed by atoms with Crippen LogP contribution in [0.4, 0.5) is 17.2 Å². The van der Waals surface area contributed by atoms with Gasteiger partial charge in [0.15, 0.2) is 4.96 Å². The second-order valence-electron chi connectivity index (χ2n) is 5.84. The lowest BCUT2D eigenvalue weighted by molar-refractivity contribution is 1.09. The first-order chi connectivity index (χ1) is 12.1. The van der Waals surface area contributed by atoms with Crippen LogP contribution in [0.2, 0.25) is 0 Å². The lowest BCUT2D eigenvalue weighted by Crippen LogP contribution is -2.14. The van der Waals surface area contributed by atoms with E-state index in [0.29, 0.717) is 16.5 Å². The minimum atomic E-state index is -0.127. The molecule has 25 heavy (non-hydrogen) atoms. The summed E-state index contributed by atoms with van der Waals surface area (Å²) >= 11 is 1.43. The highest BCUT2D eigenvalue weighted by Gasteiger charge is 2.11. The van der Waals surface area contributed by atoms with Crippen LogP contribution >= 0.6 is 11.3 Å². The van der Waals surface area contributed by atoms with Gasteiger partial charge < -0.3 is 11.1 Å². The van der Waals surface area contributed by atoms with Crippen molar-refractivity contribution >= 4 is 33.5 Å². The molecule has 0 saturated heterocycles. The van der Waals surface area contributed by atoms with Crippen molar-refractivity contribution in [2.24, 2.45) is 0 Å². The Kier molecular flexibility index (Phi) is 3.74. The van der Waals surface area contributed by atoms with Crippen LogP contribution in [0.1, 0.15) is 5.56 Å². The number of rotatable bonds is 3. The Bertz CT molecular complexity index is 1110. The number of aryl methyl sites for hydroxylation is 1. The summed E-state index contributed by atoms with van der Waals surface area (Å²) in [5, 5.41) is 5.11. The largest absolute Gasteiger partial charge is 0.399 e. The van der Waals surface area contributed by atoms with Crippen molar-refractivity contribution in [1.29, 1.82) is 0 Å². The summed E-state index contributed by atoms with van der Waals surface area (Å²) in [7, 11) is 0. The number of hydrogen-bond acceptors (Lipinski definition) is 5. The van der Waals surface area contributed by atoms with Gasteiger partial charge in [-0.1, -0.05) is 29.8 Å². The number of nitrogens with zero attached hydrogens (tertiary/aromatic N) is 2. The van der Waals surface area contributed by atoms with Crippen molar-refractivity contribution in [2.45, 2.75) is 6.92 Å². The van der Waals surface area contributed by atoms with E-state index in [1.54, 1.807) is 4.40 Å². The predicted octanol–water partition coefficient (Wildman–Crippen LogP) is 4.06. The number of benzene rings is 2. The van der Waals surface area contributed by atoms with Gasteiger partial charge in [-0.15, -0.1) is 11.3 Å². The monoisotopic (exact) mass is 348 g/mol. The Labute approximate surface area is 148 Å². The Hall–Kier alpha value is -3.12. The number of nitrogens with two attached hydrogens (primary N) is 1. The highest BCUT2D eigenvalue weighted by molar-refractivity contribution is 7.15. The van der Waals surface area contributed by atoms with Crippen molar-refractivity contribution in [3.8, 4) is 11.3 Å². The fourth-order valence-corrected chi connectivity index (χ4v) is 3.57. The van der Waals surface area contributed by atoms with Crippen molar-refractivity contribution in [3.63, 3.8) is 0 Å². The standard InChI is InChI=1S/C19H16N4OS/c1-12-5-7-15(8-6-12)21-17-10-18(24)23-16(11-25-19(23)22-17)13-3-2-4-14(20)9-13/h2-11,21H,20H2,1H3. The van der Waals surface area contributed by atoms with Crippen LogP contribution in [0, 0.1) is 6.92 Å². The van der Waals surface area contributed by atoms with E-state index < -0.39 is 0 Å². The average Bonchev–Trinajstić information content (AvgIpc) is 3.01. The first-order valence-corrected chi connectivity index (χ1v) is 8.69. The molecule has 5 nitrogen and oxygen atoms in total. The molecule has 0 unspecified atom stereocenters. The molecule has 3 N–H and O–H groups in total. The molecule has 2 heterocycles. The van der Waals surface area contributed by atoms with E-state index in [4.69, 9.17) is 5.73 Å². The summed E-state index contributed by atoms with van der Waals surface area (Å²) < 4.78 is 1.61. The van der Waals surface area contributed by atoms with Gasteiger partial charge in [-0.25, -0.2) is 4.98 Å². The number of nitrogens with one attached hydrogen (secondary N) is 1. The van der Waals surface area contributed by atoms with Crippen molar-refractivity contribution in [3.05, 3.63) is 75.9 Å². The summed E-state index contributed by atoms with van der Waals surface area (Å²) in [5.41, 5.74) is 10.2. The van der Waals surface area contributed by atoms with E-state index in [0.717, 1.165) is 16.9 Å². The van der Waals surface area contributed by atoms with Gasteiger partial charge >= 0.3 is 0 Å². The number of aromatic nitrogens is 2. The summed E-state index contributed by atoms with van der Waals surface area (Å²) in [6, 6.07) is 16.9. The van der Waals surface area contributed by atoms with Gasteiger partial charge in [0.2, 0.25) is 0 Å². The number of hydrogen-bond donors (Lipinski definition) is 2. The molecular weight excluding hydrogens is 332 g/mol. The highest BCUT2D eigenvalue weighted by atomic mass is 32.1. The fourth-order valence-electron chi connectivity index (χ4n) is 2.67. The van der Waals surface area contributed by atoms with Crippen LogP contribution in [-0.2, 0) is 0 Å². The van der Waals surface area contributed by atoms with E-state index in [9.17, 15) is 4.79 Å². The highest BCUT2D eigenvalue weighted by Crippen LogP contribution is 2.26. The topological polar surface area (TPSA) is 72.4 Å². The van der Waals surface area contributed by atoms with Crippen LogP contribution in [0.15, 0.2) is 64.8 Å². The molecule has 0 amide bonds. The summed E-state index contributed by atoms with van der Waals surface area (Å²) in [6.07, 6.45) is 0. The lowest BCUT2D eigenvalue weighted by Gasteiger charge is -2.07. The van der Waals surface area contributed by atoms with E-state index in [2.05, 4.69) is 10.3 Å². The average molecular weight is 348 g/mol. The van der Waals surface area contributed by atoms with E-state index >= 15 is 0 Å². The third-order valence-corrected chi connectivity index (χ3v) is 4.74. The maximum Gasteiger partial charge on any atom is 0.261 e. The Morgan fingerprint density at radius 3 is 2.68 bits per heavy atom.